The number of amides is 1. The van der Waals surface area contributed by atoms with Crippen LogP contribution in [0.5, 0.6) is 5.75 Å². The highest BCUT2D eigenvalue weighted by Gasteiger charge is 2.30. The van der Waals surface area contributed by atoms with E-state index in [1.54, 1.807) is 0 Å². The minimum atomic E-state index is -4.71. The van der Waals surface area contributed by atoms with Gasteiger partial charge in [0, 0.05) is 5.69 Å². The van der Waals surface area contributed by atoms with Gasteiger partial charge < -0.3 is 15.4 Å². The fourth-order valence-electron chi connectivity index (χ4n) is 1.32. The molecule has 19 heavy (non-hydrogen) atoms. The summed E-state index contributed by atoms with van der Waals surface area (Å²) in [6, 6.07) is 4.97. The molecule has 0 radical (unpaired) electrons. The van der Waals surface area contributed by atoms with E-state index in [9.17, 15) is 18.0 Å². The predicted molar refractivity (Wildman–Crippen MR) is 64.9 cm³/mol. The fraction of sp³-hybridized carbons (Fsp3) is 0.417. The van der Waals surface area contributed by atoms with Gasteiger partial charge in [-0.3, -0.25) is 4.79 Å². The lowest BCUT2D eigenvalue weighted by Gasteiger charge is -2.10. The molecule has 7 heteroatoms. The van der Waals surface area contributed by atoms with Crippen molar-refractivity contribution in [3.05, 3.63) is 24.3 Å². The summed E-state index contributed by atoms with van der Waals surface area (Å²) in [5.74, 6) is -0.576. The summed E-state index contributed by atoms with van der Waals surface area (Å²) in [4.78, 5) is 11.4. The highest BCUT2D eigenvalue weighted by molar-refractivity contribution is 5.92. The molecule has 1 amide bonds. The molecule has 1 aromatic carbocycles. The number of rotatable bonds is 6. The molecule has 0 aliphatic heterocycles. The topological polar surface area (TPSA) is 50.4 Å². The number of benzene rings is 1. The van der Waals surface area contributed by atoms with Gasteiger partial charge in [-0.15, -0.1) is 13.2 Å². The van der Waals surface area contributed by atoms with E-state index < -0.39 is 6.36 Å². The smallest absolute Gasteiger partial charge is 0.406 e. The molecule has 2 N–H and O–H groups in total. The van der Waals surface area contributed by atoms with Crippen LogP contribution in [0.4, 0.5) is 18.9 Å². The Morgan fingerprint density at radius 2 is 1.89 bits per heavy atom. The number of nitrogens with one attached hydrogen (secondary N) is 2. The lowest BCUT2D eigenvalue weighted by Crippen LogP contribution is -2.28. The van der Waals surface area contributed by atoms with E-state index in [1.807, 2.05) is 6.92 Å². The molecule has 0 bridgehead atoms. The number of hydrogen-bond donors (Lipinski definition) is 2. The van der Waals surface area contributed by atoms with Crippen LogP contribution in [0.2, 0.25) is 0 Å². The van der Waals surface area contributed by atoms with Crippen molar-refractivity contribution in [2.75, 3.05) is 18.4 Å². The van der Waals surface area contributed by atoms with Gasteiger partial charge in [-0.05, 0) is 37.2 Å². The minimum Gasteiger partial charge on any atom is -0.406 e. The van der Waals surface area contributed by atoms with Gasteiger partial charge >= 0.3 is 6.36 Å². The van der Waals surface area contributed by atoms with Gasteiger partial charge in [-0.25, -0.2) is 0 Å². The van der Waals surface area contributed by atoms with Gasteiger partial charge in [0.15, 0.2) is 0 Å². The van der Waals surface area contributed by atoms with Crippen molar-refractivity contribution < 1.29 is 22.7 Å². The van der Waals surface area contributed by atoms with E-state index in [4.69, 9.17) is 0 Å². The average molecular weight is 276 g/mol. The Labute approximate surface area is 108 Å². The summed E-state index contributed by atoms with van der Waals surface area (Å²) in [6.07, 6.45) is -3.80. The Morgan fingerprint density at radius 1 is 1.26 bits per heavy atom. The Bertz CT molecular complexity index is 404. The van der Waals surface area contributed by atoms with Crippen molar-refractivity contribution in [3.8, 4) is 5.75 Å². The lowest BCUT2D eigenvalue weighted by atomic mass is 10.3. The molecule has 0 heterocycles. The molecule has 1 rings (SSSR count). The molecule has 0 aromatic heterocycles. The van der Waals surface area contributed by atoms with Crippen LogP contribution in [-0.2, 0) is 4.79 Å². The Balaban J connectivity index is 2.46. The molecule has 0 spiro atoms. The van der Waals surface area contributed by atoms with Gasteiger partial charge in [0.05, 0.1) is 6.54 Å². The second-order valence-electron chi connectivity index (χ2n) is 3.80. The summed E-state index contributed by atoms with van der Waals surface area (Å²) >= 11 is 0. The monoisotopic (exact) mass is 276 g/mol. The normalized spacial score (nSPS) is 11.2. The number of anilines is 1. The quantitative estimate of drug-likeness (QED) is 0.785. The number of carbonyl (C=O) groups excluding carboxylic acids is 1. The standard InChI is InChI=1S/C12H15F3N2O2/c1-2-7-16-8-11(18)17-9-3-5-10(6-4-9)19-12(13,14)15/h3-6,16H,2,7-8H2,1H3,(H,17,18). The SMILES string of the molecule is CCCNCC(=O)Nc1ccc(OC(F)(F)F)cc1. The summed E-state index contributed by atoms with van der Waals surface area (Å²) in [5.41, 5.74) is 0.415. The van der Waals surface area contributed by atoms with Gasteiger partial charge in [-0.1, -0.05) is 6.92 Å². The second-order valence-corrected chi connectivity index (χ2v) is 3.80. The third-order valence-electron chi connectivity index (χ3n) is 2.08. The molecule has 0 aliphatic carbocycles. The molecule has 0 unspecified atom stereocenters. The average Bonchev–Trinajstić information content (AvgIpc) is 2.30. The molecule has 0 aliphatic rings. The third kappa shape index (κ3) is 6.66. The summed E-state index contributed by atoms with van der Waals surface area (Å²) in [6.45, 7) is 2.87. The zero-order chi connectivity index (χ0) is 14.3. The minimum absolute atomic E-state index is 0.161. The highest BCUT2D eigenvalue weighted by Crippen LogP contribution is 2.23. The molecule has 0 atom stereocenters. The third-order valence-corrected chi connectivity index (χ3v) is 2.08. The first-order chi connectivity index (χ1) is 8.90. The van der Waals surface area contributed by atoms with E-state index in [0.29, 0.717) is 5.69 Å². The van der Waals surface area contributed by atoms with Crippen molar-refractivity contribution in [1.82, 2.24) is 5.32 Å². The van der Waals surface area contributed by atoms with Crippen molar-refractivity contribution in [3.63, 3.8) is 0 Å². The lowest BCUT2D eigenvalue weighted by molar-refractivity contribution is -0.274. The van der Waals surface area contributed by atoms with E-state index >= 15 is 0 Å². The molecule has 0 saturated heterocycles. The summed E-state index contributed by atoms with van der Waals surface area (Å²) in [5, 5.41) is 5.46. The Kier molecular flexibility index (Phi) is 5.62. The van der Waals surface area contributed by atoms with Crippen LogP contribution >= 0.6 is 0 Å². The van der Waals surface area contributed by atoms with E-state index in [1.165, 1.54) is 12.1 Å². The van der Waals surface area contributed by atoms with Crippen LogP contribution in [0.25, 0.3) is 0 Å². The summed E-state index contributed by atoms with van der Waals surface area (Å²) < 4.78 is 39.5. The Hall–Kier alpha value is -1.76. The first-order valence-corrected chi connectivity index (χ1v) is 5.77. The van der Waals surface area contributed by atoms with Crippen LogP contribution in [0, 0.1) is 0 Å². The maximum absolute atomic E-state index is 11.9. The number of halogens is 3. The zero-order valence-corrected chi connectivity index (χ0v) is 10.4. The molecular weight excluding hydrogens is 261 g/mol. The molecule has 1 aromatic rings. The molecule has 4 nitrogen and oxygen atoms in total. The zero-order valence-electron chi connectivity index (χ0n) is 10.4. The second kappa shape index (κ2) is 6.98. The van der Waals surface area contributed by atoms with Crippen LogP contribution in [-0.4, -0.2) is 25.4 Å². The number of alkyl halides is 3. The van der Waals surface area contributed by atoms with Crippen molar-refractivity contribution >= 4 is 11.6 Å². The molecule has 106 valence electrons. The van der Waals surface area contributed by atoms with E-state index in [0.717, 1.165) is 25.1 Å². The van der Waals surface area contributed by atoms with Crippen LogP contribution < -0.4 is 15.4 Å². The van der Waals surface area contributed by atoms with Crippen LogP contribution in [0.3, 0.4) is 0 Å². The predicted octanol–water partition coefficient (Wildman–Crippen LogP) is 2.52. The van der Waals surface area contributed by atoms with Gasteiger partial charge in [0.25, 0.3) is 0 Å². The van der Waals surface area contributed by atoms with Gasteiger partial charge in [0.2, 0.25) is 5.91 Å². The first-order valence-electron chi connectivity index (χ1n) is 5.77. The van der Waals surface area contributed by atoms with Crippen molar-refractivity contribution in [2.24, 2.45) is 0 Å². The maximum Gasteiger partial charge on any atom is 0.573 e. The van der Waals surface area contributed by atoms with Gasteiger partial charge in [0.1, 0.15) is 5.75 Å². The van der Waals surface area contributed by atoms with Crippen molar-refractivity contribution in [2.45, 2.75) is 19.7 Å². The highest BCUT2D eigenvalue weighted by atomic mass is 19.4. The number of carbonyl (C=O) groups is 1. The van der Waals surface area contributed by atoms with E-state index in [2.05, 4.69) is 15.4 Å². The molecule has 0 saturated carbocycles. The van der Waals surface area contributed by atoms with Crippen molar-refractivity contribution in [1.29, 1.82) is 0 Å². The largest absolute Gasteiger partial charge is 0.573 e. The number of ether oxygens (including phenoxy) is 1. The Morgan fingerprint density at radius 3 is 2.42 bits per heavy atom. The maximum atomic E-state index is 11.9. The van der Waals surface area contributed by atoms with E-state index in [-0.39, 0.29) is 18.2 Å². The van der Waals surface area contributed by atoms with Crippen LogP contribution in [0.15, 0.2) is 24.3 Å². The summed E-state index contributed by atoms with van der Waals surface area (Å²) in [7, 11) is 0. The van der Waals surface area contributed by atoms with Crippen LogP contribution in [0.1, 0.15) is 13.3 Å². The first kappa shape index (κ1) is 15.3. The molecule has 0 fully saturated rings. The molecular formula is C12H15F3N2O2. The number of hydrogen-bond acceptors (Lipinski definition) is 3. The van der Waals surface area contributed by atoms with Gasteiger partial charge in [-0.2, -0.15) is 0 Å². The fourth-order valence-corrected chi connectivity index (χ4v) is 1.32.